The average Bonchev–Trinajstić information content (AvgIpc) is 2.71. The summed E-state index contributed by atoms with van der Waals surface area (Å²) in [4.78, 5) is 13.5. The highest BCUT2D eigenvalue weighted by atomic mass is 15.1. The molecule has 0 aliphatic rings. The monoisotopic (exact) mass is 202 g/mol. The second-order valence-corrected chi connectivity index (χ2v) is 3.57. The molecule has 0 radical (unpaired) electrons. The number of hydrogen-bond donors (Lipinski definition) is 1. The molecular weight excluding hydrogens is 188 g/mol. The molecule has 0 atom stereocenters. The molecular formula is C11H14N4. The van der Waals surface area contributed by atoms with E-state index in [0.717, 1.165) is 18.9 Å². The van der Waals surface area contributed by atoms with Gasteiger partial charge in [-0.3, -0.25) is 9.88 Å². The van der Waals surface area contributed by atoms with Crippen LogP contribution in [0.2, 0.25) is 0 Å². The van der Waals surface area contributed by atoms with E-state index in [2.05, 4.69) is 33.0 Å². The number of nitrogens with zero attached hydrogens (tertiary/aromatic N) is 3. The predicted molar refractivity (Wildman–Crippen MR) is 58.0 cm³/mol. The molecule has 4 nitrogen and oxygen atoms in total. The first-order valence-electron chi connectivity index (χ1n) is 4.90. The molecule has 2 aromatic heterocycles. The van der Waals surface area contributed by atoms with E-state index in [1.807, 2.05) is 18.5 Å². The van der Waals surface area contributed by atoms with E-state index >= 15 is 0 Å². The second-order valence-electron chi connectivity index (χ2n) is 3.57. The summed E-state index contributed by atoms with van der Waals surface area (Å²) in [5.41, 5.74) is 1.21. The molecule has 0 saturated heterocycles. The number of imidazole rings is 1. The van der Waals surface area contributed by atoms with Gasteiger partial charge in [0.2, 0.25) is 0 Å². The highest BCUT2D eigenvalue weighted by molar-refractivity contribution is 5.08. The molecule has 0 bridgehead atoms. The Bertz CT molecular complexity index is 382. The zero-order valence-corrected chi connectivity index (χ0v) is 8.72. The minimum absolute atomic E-state index is 0.821. The topological polar surface area (TPSA) is 44.8 Å². The fraction of sp³-hybridized carbons (Fsp3) is 0.273. The van der Waals surface area contributed by atoms with Gasteiger partial charge in [0, 0.05) is 31.3 Å². The quantitative estimate of drug-likeness (QED) is 0.815. The number of hydrogen-bond acceptors (Lipinski definition) is 3. The molecule has 0 aliphatic heterocycles. The lowest BCUT2D eigenvalue weighted by Gasteiger charge is -2.14. The second kappa shape index (κ2) is 4.70. The highest BCUT2D eigenvalue weighted by Crippen LogP contribution is 2.03. The number of aromatic nitrogens is 3. The van der Waals surface area contributed by atoms with E-state index in [9.17, 15) is 0 Å². The Morgan fingerprint density at radius 3 is 2.93 bits per heavy atom. The van der Waals surface area contributed by atoms with Crippen LogP contribution < -0.4 is 0 Å². The third kappa shape index (κ3) is 2.89. The molecule has 4 heteroatoms. The zero-order valence-electron chi connectivity index (χ0n) is 8.72. The number of rotatable bonds is 4. The molecule has 15 heavy (non-hydrogen) atoms. The molecule has 1 N–H and O–H groups in total. The Hall–Kier alpha value is -1.68. The summed E-state index contributed by atoms with van der Waals surface area (Å²) in [6.45, 7) is 1.70. The van der Waals surface area contributed by atoms with Gasteiger partial charge in [-0.25, -0.2) is 4.98 Å². The number of nitrogens with one attached hydrogen (secondary N) is 1. The van der Waals surface area contributed by atoms with Gasteiger partial charge < -0.3 is 4.98 Å². The maximum Gasteiger partial charge on any atom is 0.120 e. The highest BCUT2D eigenvalue weighted by Gasteiger charge is 2.02. The summed E-state index contributed by atoms with van der Waals surface area (Å²) >= 11 is 0. The average molecular weight is 202 g/mol. The van der Waals surface area contributed by atoms with Crippen LogP contribution in [0, 0.1) is 0 Å². The van der Waals surface area contributed by atoms with E-state index in [1.165, 1.54) is 5.56 Å². The first kappa shape index (κ1) is 9.86. The van der Waals surface area contributed by atoms with E-state index < -0.39 is 0 Å². The van der Waals surface area contributed by atoms with Gasteiger partial charge in [0.1, 0.15) is 5.82 Å². The van der Waals surface area contributed by atoms with Crippen LogP contribution in [0.3, 0.4) is 0 Å². The molecule has 0 unspecified atom stereocenters. The molecule has 78 valence electrons. The lowest BCUT2D eigenvalue weighted by Crippen LogP contribution is -2.18. The van der Waals surface area contributed by atoms with Crippen LogP contribution in [0.4, 0.5) is 0 Å². The summed E-state index contributed by atoms with van der Waals surface area (Å²) in [6, 6.07) is 4.03. The third-order valence-corrected chi connectivity index (χ3v) is 2.15. The number of aromatic amines is 1. The van der Waals surface area contributed by atoms with Crippen molar-refractivity contribution in [3.63, 3.8) is 0 Å². The third-order valence-electron chi connectivity index (χ3n) is 2.15. The van der Waals surface area contributed by atoms with Crippen LogP contribution in [-0.2, 0) is 13.1 Å². The van der Waals surface area contributed by atoms with Crippen molar-refractivity contribution in [1.82, 2.24) is 19.9 Å². The van der Waals surface area contributed by atoms with Crippen molar-refractivity contribution in [3.8, 4) is 0 Å². The molecule has 2 aromatic rings. The zero-order chi connectivity index (χ0) is 10.5. The summed E-state index contributed by atoms with van der Waals surface area (Å²) in [7, 11) is 2.06. The summed E-state index contributed by atoms with van der Waals surface area (Å²) in [6.07, 6.45) is 7.29. The summed E-state index contributed by atoms with van der Waals surface area (Å²) in [5, 5.41) is 0. The largest absolute Gasteiger partial charge is 0.348 e. The number of pyridine rings is 1. The van der Waals surface area contributed by atoms with Crippen LogP contribution in [0.1, 0.15) is 11.4 Å². The van der Waals surface area contributed by atoms with Gasteiger partial charge in [0.05, 0.1) is 6.54 Å². The van der Waals surface area contributed by atoms with Crippen LogP contribution in [0.5, 0.6) is 0 Å². The maximum absolute atomic E-state index is 4.18. The molecule has 0 saturated carbocycles. The van der Waals surface area contributed by atoms with Crippen molar-refractivity contribution in [3.05, 3.63) is 48.3 Å². The fourth-order valence-corrected chi connectivity index (χ4v) is 1.50. The molecule has 2 heterocycles. The normalized spacial score (nSPS) is 10.8. The van der Waals surface area contributed by atoms with Gasteiger partial charge in [0.25, 0.3) is 0 Å². The van der Waals surface area contributed by atoms with E-state index in [1.54, 1.807) is 12.4 Å². The van der Waals surface area contributed by atoms with E-state index in [4.69, 9.17) is 0 Å². The predicted octanol–water partition coefficient (Wildman–Crippen LogP) is 1.44. The fourth-order valence-electron chi connectivity index (χ4n) is 1.50. The Morgan fingerprint density at radius 2 is 2.27 bits per heavy atom. The van der Waals surface area contributed by atoms with E-state index in [0.29, 0.717) is 0 Å². The first-order valence-corrected chi connectivity index (χ1v) is 4.90. The SMILES string of the molecule is CN(Cc1cccnc1)Cc1ncc[nH]1. The Balaban J connectivity index is 1.90. The Labute approximate surface area is 89.0 Å². The minimum Gasteiger partial charge on any atom is -0.348 e. The van der Waals surface area contributed by atoms with Crippen molar-refractivity contribution in [1.29, 1.82) is 0 Å². The minimum atomic E-state index is 0.821. The maximum atomic E-state index is 4.18. The van der Waals surface area contributed by atoms with Crippen molar-refractivity contribution < 1.29 is 0 Å². The standard InChI is InChI=1S/C11H14N4/c1-15(9-11-13-5-6-14-11)8-10-3-2-4-12-7-10/h2-7H,8-9H2,1H3,(H,13,14). The Kier molecular flexibility index (Phi) is 3.09. The lowest BCUT2D eigenvalue weighted by atomic mass is 10.3. The van der Waals surface area contributed by atoms with Gasteiger partial charge in [-0.1, -0.05) is 6.07 Å². The van der Waals surface area contributed by atoms with Crippen LogP contribution >= 0.6 is 0 Å². The van der Waals surface area contributed by atoms with Crippen molar-refractivity contribution in [2.75, 3.05) is 7.05 Å². The first-order chi connectivity index (χ1) is 7.34. The molecule has 0 aliphatic carbocycles. The lowest BCUT2D eigenvalue weighted by molar-refractivity contribution is 0.311. The van der Waals surface area contributed by atoms with Crippen LogP contribution in [0.25, 0.3) is 0 Å². The summed E-state index contributed by atoms with van der Waals surface area (Å²) < 4.78 is 0. The van der Waals surface area contributed by atoms with Crippen molar-refractivity contribution >= 4 is 0 Å². The van der Waals surface area contributed by atoms with E-state index in [-0.39, 0.29) is 0 Å². The molecule has 0 fully saturated rings. The van der Waals surface area contributed by atoms with Crippen LogP contribution in [0.15, 0.2) is 36.9 Å². The van der Waals surface area contributed by atoms with Crippen molar-refractivity contribution in [2.24, 2.45) is 0 Å². The summed E-state index contributed by atoms with van der Waals surface area (Å²) in [5.74, 6) is 0.987. The Morgan fingerprint density at radius 1 is 1.33 bits per heavy atom. The molecule has 0 amide bonds. The molecule has 0 aromatic carbocycles. The van der Waals surface area contributed by atoms with Crippen LogP contribution in [-0.4, -0.2) is 26.9 Å². The smallest absolute Gasteiger partial charge is 0.120 e. The molecule has 2 rings (SSSR count). The van der Waals surface area contributed by atoms with Gasteiger partial charge in [-0.05, 0) is 18.7 Å². The van der Waals surface area contributed by atoms with Gasteiger partial charge in [-0.15, -0.1) is 0 Å². The van der Waals surface area contributed by atoms with Gasteiger partial charge in [-0.2, -0.15) is 0 Å². The molecule has 0 spiro atoms. The van der Waals surface area contributed by atoms with Gasteiger partial charge in [0.15, 0.2) is 0 Å². The van der Waals surface area contributed by atoms with Gasteiger partial charge >= 0.3 is 0 Å². The number of H-pyrrole nitrogens is 1. The van der Waals surface area contributed by atoms with Crippen molar-refractivity contribution in [2.45, 2.75) is 13.1 Å².